The average Bonchev–Trinajstić information content (AvgIpc) is 2.96. The quantitative estimate of drug-likeness (QED) is 0.303. The summed E-state index contributed by atoms with van der Waals surface area (Å²) in [6.07, 6.45) is 4.62. The molecule has 142 valence electrons. The van der Waals surface area contributed by atoms with Gasteiger partial charge in [0, 0.05) is 32.6 Å². The van der Waals surface area contributed by atoms with Gasteiger partial charge in [-0.3, -0.25) is 4.79 Å². The predicted octanol–water partition coefficient (Wildman–Crippen LogP) is 5.26. The van der Waals surface area contributed by atoms with Crippen LogP contribution in [0, 0.1) is 6.92 Å². The molecule has 0 atom stereocenters. The normalized spacial score (nSPS) is 11.7. The van der Waals surface area contributed by atoms with Crippen LogP contribution in [0.1, 0.15) is 15.9 Å². The highest BCUT2D eigenvalue weighted by molar-refractivity contribution is 6.76. The van der Waals surface area contributed by atoms with Gasteiger partial charge in [-0.25, -0.2) is 4.98 Å². The lowest BCUT2D eigenvalue weighted by atomic mass is 10.2. The van der Waals surface area contributed by atoms with Crippen LogP contribution in [0.2, 0.25) is 25.7 Å². The molecule has 3 rings (SSSR count). The van der Waals surface area contributed by atoms with Crippen molar-refractivity contribution in [1.29, 1.82) is 0 Å². The molecule has 6 heteroatoms. The first-order chi connectivity index (χ1) is 12.9. The second kappa shape index (κ2) is 8.06. The highest BCUT2D eigenvalue weighted by Gasteiger charge is 2.15. The monoisotopic (exact) mass is 382 g/mol. The van der Waals surface area contributed by atoms with Gasteiger partial charge in [0.25, 0.3) is 0 Å². The largest absolute Gasteiger partial charge is 0.457 e. The number of hydrogen-bond acceptors (Lipinski definition) is 4. The number of carbonyl (C=O) groups is 1. The summed E-state index contributed by atoms with van der Waals surface area (Å²) >= 11 is 0. The Bertz CT molecular complexity index is 927. The molecule has 0 fully saturated rings. The van der Waals surface area contributed by atoms with Crippen molar-refractivity contribution in [2.45, 2.75) is 39.3 Å². The van der Waals surface area contributed by atoms with Gasteiger partial charge in [-0.1, -0.05) is 19.6 Å². The average molecular weight is 383 g/mol. The zero-order valence-electron chi connectivity index (χ0n) is 16.4. The third-order valence-electron chi connectivity index (χ3n) is 4.38. The van der Waals surface area contributed by atoms with Crippen LogP contribution >= 0.6 is 0 Å². The minimum atomic E-state index is -1.09. The molecule has 0 saturated carbocycles. The van der Waals surface area contributed by atoms with Crippen molar-refractivity contribution >= 4 is 25.4 Å². The van der Waals surface area contributed by atoms with Crippen LogP contribution in [0.4, 0.5) is 0 Å². The minimum absolute atomic E-state index is 0.485. The maximum absolute atomic E-state index is 10.8. The van der Waals surface area contributed by atoms with Crippen molar-refractivity contribution in [1.82, 2.24) is 9.55 Å². The molecular weight excluding hydrogens is 356 g/mol. The lowest BCUT2D eigenvalue weighted by Crippen LogP contribution is -2.22. The van der Waals surface area contributed by atoms with Gasteiger partial charge in [-0.15, -0.1) is 0 Å². The van der Waals surface area contributed by atoms with E-state index in [1.165, 1.54) is 0 Å². The van der Waals surface area contributed by atoms with E-state index in [9.17, 15) is 4.79 Å². The summed E-state index contributed by atoms with van der Waals surface area (Å²) in [7, 11) is -1.09. The standard InChI is InChI=1S/C21H26N2O3Si/c1-16-13-23(15-25-11-12-27(2,3)4)21-20(16)19(9-10-22-21)26-18-7-5-17(14-24)6-8-18/h5-10,13-14H,11-12,15H2,1-4H3. The molecular formula is C21H26N2O3Si. The number of aldehydes is 1. The van der Waals surface area contributed by atoms with Gasteiger partial charge >= 0.3 is 0 Å². The summed E-state index contributed by atoms with van der Waals surface area (Å²) in [4.78, 5) is 15.3. The third-order valence-corrected chi connectivity index (χ3v) is 6.08. The van der Waals surface area contributed by atoms with Crippen molar-refractivity contribution in [3.05, 3.63) is 53.9 Å². The second-order valence-electron chi connectivity index (χ2n) is 7.93. The lowest BCUT2D eigenvalue weighted by Gasteiger charge is -2.15. The molecule has 0 saturated heterocycles. The SMILES string of the molecule is Cc1cn(COCC[Si](C)(C)C)c2nccc(Oc3ccc(C=O)cc3)c12. The summed E-state index contributed by atoms with van der Waals surface area (Å²) in [5.41, 5.74) is 2.56. The molecule has 3 aromatic rings. The number of carbonyl (C=O) groups excluding carboxylic acids is 1. The Morgan fingerprint density at radius 1 is 1.15 bits per heavy atom. The van der Waals surface area contributed by atoms with Gasteiger partial charge in [-0.05, 0) is 48.9 Å². The van der Waals surface area contributed by atoms with Crippen LogP contribution < -0.4 is 4.74 Å². The van der Waals surface area contributed by atoms with Crippen molar-refractivity contribution in [3.8, 4) is 11.5 Å². The Hall–Kier alpha value is -2.44. The Morgan fingerprint density at radius 2 is 1.89 bits per heavy atom. The molecule has 2 aromatic heterocycles. The molecule has 0 aliphatic heterocycles. The zero-order chi connectivity index (χ0) is 19.4. The fourth-order valence-corrected chi connectivity index (χ4v) is 3.60. The summed E-state index contributed by atoms with van der Waals surface area (Å²) in [6, 6.07) is 10.1. The first-order valence-corrected chi connectivity index (χ1v) is 12.8. The van der Waals surface area contributed by atoms with Crippen LogP contribution in [0.15, 0.2) is 42.7 Å². The first kappa shape index (κ1) is 19.3. The van der Waals surface area contributed by atoms with Gasteiger partial charge in [0.2, 0.25) is 0 Å². The first-order valence-electron chi connectivity index (χ1n) is 9.13. The van der Waals surface area contributed by atoms with E-state index in [4.69, 9.17) is 9.47 Å². The molecule has 5 nitrogen and oxygen atoms in total. The van der Waals surface area contributed by atoms with E-state index in [-0.39, 0.29) is 0 Å². The van der Waals surface area contributed by atoms with Crippen molar-refractivity contribution in [3.63, 3.8) is 0 Å². The maximum Gasteiger partial charge on any atom is 0.150 e. The molecule has 27 heavy (non-hydrogen) atoms. The smallest absolute Gasteiger partial charge is 0.150 e. The Balaban J connectivity index is 1.79. The Kier molecular flexibility index (Phi) is 5.77. The topological polar surface area (TPSA) is 53.4 Å². The number of aryl methyl sites for hydroxylation is 1. The van der Waals surface area contributed by atoms with Crippen LogP contribution in [0.5, 0.6) is 11.5 Å². The summed E-state index contributed by atoms with van der Waals surface area (Å²) in [5.74, 6) is 1.43. The van der Waals surface area contributed by atoms with Crippen LogP contribution in [0.25, 0.3) is 11.0 Å². The van der Waals surface area contributed by atoms with Gasteiger partial charge in [0.05, 0.1) is 5.39 Å². The van der Waals surface area contributed by atoms with E-state index in [1.807, 2.05) is 17.6 Å². The minimum Gasteiger partial charge on any atom is -0.457 e. The second-order valence-corrected chi connectivity index (χ2v) is 13.5. The van der Waals surface area contributed by atoms with Gasteiger partial charge in [0.1, 0.15) is 30.2 Å². The molecule has 0 radical (unpaired) electrons. The highest BCUT2D eigenvalue weighted by Crippen LogP contribution is 2.32. The number of aromatic nitrogens is 2. The van der Waals surface area contributed by atoms with Crippen LogP contribution in [-0.4, -0.2) is 30.5 Å². The van der Waals surface area contributed by atoms with E-state index in [0.717, 1.165) is 41.3 Å². The number of nitrogens with zero attached hydrogens (tertiary/aromatic N) is 2. The number of hydrogen-bond donors (Lipinski definition) is 0. The van der Waals surface area contributed by atoms with E-state index in [1.54, 1.807) is 30.5 Å². The fraction of sp³-hybridized carbons (Fsp3) is 0.333. The fourth-order valence-electron chi connectivity index (χ4n) is 2.85. The predicted molar refractivity (Wildman–Crippen MR) is 110 cm³/mol. The molecule has 0 amide bonds. The third kappa shape index (κ3) is 4.84. The summed E-state index contributed by atoms with van der Waals surface area (Å²) < 4.78 is 14.0. The molecule has 0 bridgehead atoms. The lowest BCUT2D eigenvalue weighted by molar-refractivity contribution is 0.0898. The molecule has 0 aliphatic rings. The van der Waals surface area contributed by atoms with Crippen LogP contribution in [-0.2, 0) is 11.5 Å². The number of rotatable bonds is 8. The van der Waals surface area contributed by atoms with E-state index in [2.05, 4.69) is 30.8 Å². The van der Waals surface area contributed by atoms with Crippen molar-refractivity contribution in [2.24, 2.45) is 0 Å². The Labute approximate surface area is 160 Å². The van der Waals surface area contributed by atoms with E-state index >= 15 is 0 Å². The summed E-state index contributed by atoms with van der Waals surface area (Å²) in [6.45, 7) is 10.3. The van der Waals surface area contributed by atoms with Crippen molar-refractivity contribution < 1.29 is 14.3 Å². The molecule has 2 heterocycles. The number of benzene rings is 1. The van der Waals surface area contributed by atoms with Crippen molar-refractivity contribution in [2.75, 3.05) is 6.61 Å². The van der Waals surface area contributed by atoms with E-state index in [0.29, 0.717) is 18.0 Å². The number of pyridine rings is 1. The van der Waals surface area contributed by atoms with Gasteiger partial charge < -0.3 is 14.0 Å². The van der Waals surface area contributed by atoms with Gasteiger partial charge in [-0.2, -0.15) is 0 Å². The maximum atomic E-state index is 10.8. The molecule has 0 N–H and O–H groups in total. The molecule has 0 spiro atoms. The molecule has 0 aliphatic carbocycles. The molecule has 1 aromatic carbocycles. The van der Waals surface area contributed by atoms with E-state index < -0.39 is 8.07 Å². The Morgan fingerprint density at radius 3 is 2.56 bits per heavy atom. The van der Waals surface area contributed by atoms with Crippen LogP contribution in [0.3, 0.4) is 0 Å². The highest BCUT2D eigenvalue weighted by atomic mass is 28.3. The zero-order valence-corrected chi connectivity index (χ0v) is 17.4. The molecule has 0 unspecified atom stereocenters. The van der Waals surface area contributed by atoms with Gasteiger partial charge in [0.15, 0.2) is 0 Å². The summed E-state index contributed by atoms with van der Waals surface area (Å²) in [5, 5.41) is 0.978. The number of ether oxygens (including phenoxy) is 2. The number of fused-ring (bicyclic) bond motifs is 1.